The van der Waals surface area contributed by atoms with Crippen molar-refractivity contribution in [3.05, 3.63) is 0 Å². The Kier molecular flexibility index (Phi) is 7.02. The van der Waals surface area contributed by atoms with Crippen molar-refractivity contribution >= 4 is 11.9 Å². The van der Waals surface area contributed by atoms with Gasteiger partial charge in [0.15, 0.2) is 0 Å². The molecule has 0 aromatic heterocycles. The molecule has 0 aromatic rings. The van der Waals surface area contributed by atoms with E-state index in [-0.39, 0.29) is 18.2 Å². The van der Waals surface area contributed by atoms with Crippen LogP contribution in [0.2, 0.25) is 0 Å². The van der Waals surface area contributed by atoms with E-state index in [1.54, 1.807) is 6.92 Å². The molecule has 0 fully saturated rings. The molecule has 0 rings (SSSR count). The second kappa shape index (κ2) is 7.75. The lowest BCUT2D eigenvalue weighted by molar-refractivity contribution is -0.138. The van der Waals surface area contributed by atoms with Gasteiger partial charge in [-0.2, -0.15) is 0 Å². The molecule has 1 amide bonds. The molecule has 0 heterocycles. The average molecular weight is 225 g/mol. The number of carbonyl (C=O) groups is 2. The summed E-state index contributed by atoms with van der Waals surface area (Å²) in [5, 5.41) is 11.3. The molecule has 0 aliphatic heterocycles. The Morgan fingerprint density at radius 3 is 2.44 bits per heavy atom. The minimum Gasteiger partial charge on any atom is -0.481 e. The monoisotopic (exact) mass is 225 g/mol. The molecule has 0 saturated heterocycles. The zero-order chi connectivity index (χ0) is 12.6. The van der Waals surface area contributed by atoms with Crippen LogP contribution in [-0.4, -0.2) is 23.5 Å². The molecular weight excluding hydrogens is 206 g/mol. The average Bonchev–Trinajstić information content (AvgIpc) is 2.13. The maximum Gasteiger partial charge on any atom is 0.303 e. The van der Waals surface area contributed by atoms with Gasteiger partial charge in [-0.3, -0.25) is 9.59 Å². The molecule has 0 spiro atoms. The van der Waals surface area contributed by atoms with Crippen LogP contribution < -0.4 is 5.32 Å². The summed E-state index contributed by atoms with van der Waals surface area (Å²) in [5.74, 6) is 4.06. The summed E-state index contributed by atoms with van der Waals surface area (Å²) in [6.07, 6.45) is 0.865. The van der Waals surface area contributed by atoms with E-state index in [9.17, 15) is 9.59 Å². The molecule has 0 aliphatic carbocycles. The smallest absolute Gasteiger partial charge is 0.303 e. The normalized spacial score (nSPS) is 11.5. The number of hydrogen-bond acceptors (Lipinski definition) is 2. The van der Waals surface area contributed by atoms with Crippen molar-refractivity contribution in [3.8, 4) is 11.8 Å². The largest absolute Gasteiger partial charge is 0.481 e. The lowest BCUT2D eigenvalue weighted by Crippen LogP contribution is -2.30. The van der Waals surface area contributed by atoms with Crippen molar-refractivity contribution in [2.45, 2.75) is 33.6 Å². The Morgan fingerprint density at radius 2 is 2.00 bits per heavy atom. The fraction of sp³-hybridized carbons (Fsp3) is 0.667. The fourth-order valence-electron chi connectivity index (χ4n) is 1.55. The summed E-state index contributed by atoms with van der Waals surface area (Å²) in [6, 6.07) is 0. The summed E-state index contributed by atoms with van der Waals surface area (Å²) >= 11 is 0. The van der Waals surface area contributed by atoms with E-state index in [1.807, 2.05) is 13.8 Å². The summed E-state index contributed by atoms with van der Waals surface area (Å²) in [7, 11) is 0. The first kappa shape index (κ1) is 14.5. The number of carboxylic acid groups (broad SMARTS) is 1. The fourth-order valence-corrected chi connectivity index (χ4v) is 1.55. The maximum absolute atomic E-state index is 11.1. The molecule has 0 aliphatic rings. The minimum atomic E-state index is -0.832. The summed E-state index contributed by atoms with van der Waals surface area (Å²) < 4.78 is 0. The van der Waals surface area contributed by atoms with Crippen LogP contribution in [0.5, 0.6) is 0 Å². The van der Waals surface area contributed by atoms with Crippen LogP contribution in [0, 0.1) is 23.7 Å². The summed E-state index contributed by atoms with van der Waals surface area (Å²) in [4.78, 5) is 21.7. The zero-order valence-electron chi connectivity index (χ0n) is 10.0. The Labute approximate surface area is 96.4 Å². The quantitative estimate of drug-likeness (QED) is 0.669. The second-order valence-corrected chi connectivity index (χ2v) is 4.18. The van der Waals surface area contributed by atoms with E-state index in [1.165, 1.54) is 0 Å². The lowest BCUT2D eigenvalue weighted by atomic mass is 9.94. The van der Waals surface area contributed by atoms with Crippen LogP contribution in [0.3, 0.4) is 0 Å². The summed E-state index contributed by atoms with van der Waals surface area (Å²) in [6.45, 7) is 6.02. The SMILES string of the molecule is CC#CC(=O)NCC(CC(=O)O)CC(C)C. The molecule has 2 N–H and O–H groups in total. The highest BCUT2D eigenvalue weighted by Gasteiger charge is 2.15. The van der Waals surface area contributed by atoms with Gasteiger partial charge in [-0.25, -0.2) is 0 Å². The Balaban J connectivity index is 4.13. The first-order chi connectivity index (χ1) is 7.45. The Morgan fingerprint density at radius 1 is 1.38 bits per heavy atom. The van der Waals surface area contributed by atoms with Crippen LogP contribution in [0.1, 0.15) is 33.6 Å². The van der Waals surface area contributed by atoms with Crippen molar-refractivity contribution < 1.29 is 14.7 Å². The Hall–Kier alpha value is -1.50. The third kappa shape index (κ3) is 7.86. The number of carbonyl (C=O) groups excluding carboxylic acids is 1. The molecule has 1 atom stereocenters. The van der Waals surface area contributed by atoms with Gasteiger partial charge in [0.05, 0.1) is 0 Å². The highest BCUT2D eigenvalue weighted by molar-refractivity contribution is 5.93. The number of nitrogens with one attached hydrogen (secondary N) is 1. The van der Waals surface area contributed by atoms with Crippen molar-refractivity contribution in [2.75, 3.05) is 6.54 Å². The third-order valence-electron chi connectivity index (χ3n) is 2.06. The number of rotatable bonds is 6. The van der Waals surface area contributed by atoms with Crippen LogP contribution in [0.15, 0.2) is 0 Å². The molecule has 16 heavy (non-hydrogen) atoms. The van der Waals surface area contributed by atoms with E-state index in [4.69, 9.17) is 5.11 Å². The van der Waals surface area contributed by atoms with Gasteiger partial charge in [-0.05, 0) is 31.1 Å². The van der Waals surface area contributed by atoms with E-state index in [0.717, 1.165) is 6.42 Å². The lowest BCUT2D eigenvalue weighted by Gasteiger charge is -2.16. The third-order valence-corrected chi connectivity index (χ3v) is 2.06. The van der Waals surface area contributed by atoms with Crippen LogP contribution in [-0.2, 0) is 9.59 Å². The summed E-state index contributed by atoms with van der Waals surface area (Å²) in [5.41, 5.74) is 0. The van der Waals surface area contributed by atoms with Crippen LogP contribution in [0.4, 0.5) is 0 Å². The minimum absolute atomic E-state index is 0.0277. The predicted octanol–water partition coefficient (Wildman–Crippen LogP) is 1.26. The predicted molar refractivity (Wildman–Crippen MR) is 61.7 cm³/mol. The molecule has 0 saturated carbocycles. The van der Waals surface area contributed by atoms with Crippen molar-refractivity contribution in [3.63, 3.8) is 0 Å². The topological polar surface area (TPSA) is 66.4 Å². The zero-order valence-corrected chi connectivity index (χ0v) is 10.0. The van der Waals surface area contributed by atoms with Gasteiger partial charge >= 0.3 is 5.97 Å². The highest BCUT2D eigenvalue weighted by Crippen LogP contribution is 2.14. The van der Waals surface area contributed by atoms with Crippen LogP contribution >= 0.6 is 0 Å². The van der Waals surface area contributed by atoms with Gasteiger partial charge in [0.25, 0.3) is 5.91 Å². The van der Waals surface area contributed by atoms with E-state index in [0.29, 0.717) is 12.5 Å². The standard InChI is InChI=1S/C12H19NO3/c1-4-5-11(14)13-8-10(6-9(2)3)7-12(15)16/h9-10H,6-8H2,1-3H3,(H,13,14)(H,15,16). The molecule has 0 radical (unpaired) electrons. The molecule has 4 heteroatoms. The molecule has 4 nitrogen and oxygen atoms in total. The van der Waals surface area contributed by atoms with Gasteiger partial charge in [0, 0.05) is 13.0 Å². The number of hydrogen-bond donors (Lipinski definition) is 2. The van der Waals surface area contributed by atoms with E-state index in [2.05, 4.69) is 17.2 Å². The van der Waals surface area contributed by atoms with E-state index < -0.39 is 5.97 Å². The first-order valence-corrected chi connectivity index (χ1v) is 5.38. The van der Waals surface area contributed by atoms with Crippen molar-refractivity contribution in [1.82, 2.24) is 5.32 Å². The molecular formula is C12H19NO3. The highest BCUT2D eigenvalue weighted by atomic mass is 16.4. The van der Waals surface area contributed by atoms with Gasteiger partial charge in [-0.15, -0.1) is 0 Å². The van der Waals surface area contributed by atoms with Gasteiger partial charge in [-0.1, -0.05) is 19.8 Å². The number of aliphatic carboxylic acids is 1. The molecule has 90 valence electrons. The van der Waals surface area contributed by atoms with Crippen LogP contribution in [0.25, 0.3) is 0 Å². The first-order valence-electron chi connectivity index (χ1n) is 5.38. The van der Waals surface area contributed by atoms with Gasteiger partial charge in [0.1, 0.15) is 0 Å². The Bertz CT molecular complexity index is 299. The maximum atomic E-state index is 11.1. The van der Waals surface area contributed by atoms with Crippen molar-refractivity contribution in [1.29, 1.82) is 0 Å². The van der Waals surface area contributed by atoms with Gasteiger partial charge < -0.3 is 10.4 Å². The molecule has 0 bridgehead atoms. The molecule has 1 unspecified atom stereocenters. The number of amides is 1. The van der Waals surface area contributed by atoms with E-state index >= 15 is 0 Å². The van der Waals surface area contributed by atoms with Crippen molar-refractivity contribution in [2.24, 2.45) is 11.8 Å². The molecule has 0 aromatic carbocycles. The van der Waals surface area contributed by atoms with Gasteiger partial charge in [0.2, 0.25) is 0 Å². The second-order valence-electron chi connectivity index (χ2n) is 4.18. The number of carboxylic acids is 1.